The SMILES string of the molecule is COc1nc(C)c2c(c1C(=O)O)CCOCC2. The Morgan fingerprint density at radius 1 is 1.35 bits per heavy atom. The summed E-state index contributed by atoms with van der Waals surface area (Å²) in [6.45, 7) is 3.03. The van der Waals surface area contributed by atoms with Gasteiger partial charge in [-0.15, -0.1) is 0 Å². The highest BCUT2D eigenvalue weighted by atomic mass is 16.5. The number of methoxy groups -OCH3 is 1. The molecule has 92 valence electrons. The van der Waals surface area contributed by atoms with Crippen molar-refractivity contribution in [2.45, 2.75) is 19.8 Å². The number of hydrogen-bond donors (Lipinski definition) is 1. The van der Waals surface area contributed by atoms with Gasteiger partial charge in [0, 0.05) is 5.69 Å². The van der Waals surface area contributed by atoms with Crippen molar-refractivity contribution in [1.82, 2.24) is 4.98 Å². The van der Waals surface area contributed by atoms with Gasteiger partial charge in [-0.2, -0.15) is 0 Å². The minimum absolute atomic E-state index is 0.179. The number of carbonyl (C=O) groups is 1. The number of carboxylic acid groups (broad SMARTS) is 1. The lowest BCUT2D eigenvalue weighted by Crippen LogP contribution is -2.12. The Labute approximate surface area is 99.4 Å². The predicted octanol–water partition coefficient (Wildman–Crippen LogP) is 1.21. The first kappa shape index (κ1) is 11.9. The van der Waals surface area contributed by atoms with Crippen molar-refractivity contribution >= 4 is 5.97 Å². The standard InChI is InChI=1S/C12H15NO4/c1-7-8-3-5-17-6-4-9(8)10(12(14)15)11(13-7)16-2/h3-6H2,1-2H3,(H,14,15). The van der Waals surface area contributed by atoms with Crippen LogP contribution in [0.4, 0.5) is 0 Å². The van der Waals surface area contributed by atoms with Gasteiger partial charge in [-0.25, -0.2) is 9.78 Å². The summed E-state index contributed by atoms with van der Waals surface area (Å²) in [6, 6.07) is 0. The third-order valence-corrected chi connectivity index (χ3v) is 2.99. The molecule has 0 bridgehead atoms. The molecule has 0 amide bonds. The van der Waals surface area contributed by atoms with Crippen LogP contribution in [0.3, 0.4) is 0 Å². The first-order valence-electron chi connectivity index (χ1n) is 5.52. The highest BCUT2D eigenvalue weighted by Crippen LogP contribution is 2.28. The van der Waals surface area contributed by atoms with Gasteiger partial charge < -0.3 is 14.6 Å². The van der Waals surface area contributed by atoms with Crippen LogP contribution in [0.1, 0.15) is 27.2 Å². The second-order valence-corrected chi connectivity index (χ2v) is 3.96. The zero-order chi connectivity index (χ0) is 12.4. The maximum atomic E-state index is 11.3. The van der Waals surface area contributed by atoms with E-state index in [1.165, 1.54) is 7.11 Å². The van der Waals surface area contributed by atoms with E-state index in [9.17, 15) is 9.90 Å². The van der Waals surface area contributed by atoms with Gasteiger partial charge in [-0.1, -0.05) is 0 Å². The monoisotopic (exact) mass is 237 g/mol. The summed E-state index contributed by atoms with van der Waals surface area (Å²) >= 11 is 0. The molecule has 0 saturated heterocycles. The van der Waals surface area contributed by atoms with Gasteiger partial charge in [-0.05, 0) is 30.9 Å². The van der Waals surface area contributed by atoms with Crippen molar-refractivity contribution in [2.75, 3.05) is 20.3 Å². The summed E-state index contributed by atoms with van der Waals surface area (Å²) in [7, 11) is 1.44. The van der Waals surface area contributed by atoms with E-state index in [1.807, 2.05) is 6.92 Å². The third-order valence-electron chi connectivity index (χ3n) is 2.99. The third kappa shape index (κ3) is 2.10. The molecule has 0 saturated carbocycles. The Balaban J connectivity index is 2.66. The normalized spacial score (nSPS) is 14.9. The largest absolute Gasteiger partial charge is 0.480 e. The molecule has 1 aliphatic heterocycles. The molecule has 2 heterocycles. The molecule has 1 aromatic heterocycles. The van der Waals surface area contributed by atoms with Crippen LogP contribution in [0.15, 0.2) is 0 Å². The van der Waals surface area contributed by atoms with E-state index in [0.29, 0.717) is 26.1 Å². The lowest BCUT2D eigenvalue weighted by atomic mass is 9.97. The number of fused-ring (bicyclic) bond motifs is 1. The molecule has 17 heavy (non-hydrogen) atoms. The number of rotatable bonds is 2. The lowest BCUT2D eigenvalue weighted by molar-refractivity contribution is 0.0690. The molecule has 0 unspecified atom stereocenters. The van der Waals surface area contributed by atoms with E-state index >= 15 is 0 Å². The molecule has 0 fully saturated rings. The van der Waals surface area contributed by atoms with Crippen molar-refractivity contribution in [3.05, 3.63) is 22.4 Å². The minimum atomic E-state index is -0.993. The summed E-state index contributed by atoms with van der Waals surface area (Å²) in [6.07, 6.45) is 1.30. The summed E-state index contributed by atoms with van der Waals surface area (Å²) in [5.41, 5.74) is 2.80. The van der Waals surface area contributed by atoms with Crippen molar-refractivity contribution in [3.8, 4) is 5.88 Å². The molecule has 1 N–H and O–H groups in total. The summed E-state index contributed by atoms with van der Waals surface area (Å²) < 4.78 is 10.4. The lowest BCUT2D eigenvalue weighted by Gasteiger charge is -2.14. The van der Waals surface area contributed by atoms with Crippen LogP contribution in [0, 0.1) is 6.92 Å². The van der Waals surface area contributed by atoms with Crippen LogP contribution in [0.2, 0.25) is 0 Å². The fourth-order valence-corrected chi connectivity index (χ4v) is 2.20. The quantitative estimate of drug-likeness (QED) is 0.837. The number of hydrogen-bond acceptors (Lipinski definition) is 4. The number of nitrogens with zero attached hydrogens (tertiary/aromatic N) is 1. The predicted molar refractivity (Wildman–Crippen MR) is 60.7 cm³/mol. The Hall–Kier alpha value is -1.62. The molecule has 0 radical (unpaired) electrons. The number of carboxylic acids is 1. The topological polar surface area (TPSA) is 68.7 Å². The van der Waals surface area contributed by atoms with Crippen LogP contribution < -0.4 is 4.74 Å². The number of pyridine rings is 1. The van der Waals surface area contributed by atoms with Crippen molar-refractivity contribution in [3.63, 3.8) is 0 Å². The number of aromatic carboxylic acids is 1. The average Bonchev–Trinajstić information content (AvgIpc) is 2.53. The first-order valence-corrected chi connectivity index (χ1v) is 5.52. The van der Waals surface area contributed by atoms with Crippen LogP contribution in [0.25, 0.3) is 0 Å². The molecular formula is C12H15NO4. The molecule has 0 spiro atoms. The molecule has 0 atom stereocenters. The van der Waals surface area contributed by atoms with Crippen LogP contribution >= 0.6 is 0 Å². The molecule has 2 rings (SSSR count). The molecule has 1 aromatic rings. The van der Waals surface area contributed by atoms with Gasteiger partial charge >= 0.3 is 5.97 Å². The Morgan fingerprint density at radius 2 is 2.00 bits per heavy atom. The molecule has 5 heteroatoms. The van der Waals surface area contributed by atoms with Gasteiger partial charge in [0.15, 0.2) is 0 Å². The van der Waals surface area contributed by atoms with E-state index in [1.54, 1.807) is 0 Å². The van der Waals surface area contributed by atoms with Crippen LogP contribution in [-0.2, 0) is 17.6 Å². The summed E-state index contributed by atoms with van der Waals surface area (Å²) in [4.78, 5) is 15.5. The van der Waals surface area contributed by atoms with Crippen molar-refractivity contribution < 1.29 is 19.4 Å². The van der Waals surface area contributed by atoms with Gasteiger partial charge in [0.1, 0.15) is 5.56 Å². The molecule has 1 aliphatic rings. The fraction of sp³-hybridized carbons (Fsp3) is 0.500. The average molecular weight is 237 g/mol. The maximum absolute atomic E-state index is 11.3. The fourth-order valence-electron chi connectivity index (χ4n) is 2.20. The van der Waals surface area contributed by atoms with E-state index in [2.05, 4.69) is 4.98 Å². The zero-order valence-corrected chi connectivity index (χ0v) is 9.95. The van der Waals surface area contributed by atoms with Gasteiger partial charge in [0.05, 0.1) is 20.3 Å². The van der Waals surface area contributed by atoms with Crippen molar-refractivity contribution in [1.29, 1.82) is 0 Å². The van der Waals surface area contributed by atoms with Crippen LogP contribution in [-0.4, -0.2) is 36.4 Å². The highest BCUT2D eigenvalue weighted by Gasteiger charge is 2.24. The molecular weight excluding hydrogens is 222 g/mol. The summed E-state index contributed by atoms with van der Waals surface area (Å²) in [5, 5.41) is 9.27. The zero-order valence-electron chi connectivity index (χ0n) is 9.95. The second-order valence-electron chi connectivity index (χ2n) is 3.96. The molecule has 5 nitrogen and oxygen atoms in total. The van der Waals surface area contributed by atoms with Gasteiger partial charge in [0.25, 0.3) is 0 Å². The first-order chi connectivity index (χ1) is 8.15. The van der Waals surface area contributed by atoms with Crippen molar-refractivity contribution in [2.24, 2.45) is 0 Å². The molecule has 0 aliphatic carbocycles. The van der Waals surface area contributed by atoms with E-state index in [-0.39, 0.29) is 11.4 Å². The van der Waals surface area contributed by atoms with Crippen LogP contribution in [0.5, 0.6) is 5.88 Å². The number of aromatic nitrogens is 1. The maximum Gasteiger partial charge on any atom is 0.341 e. The van der Waals surface area contributed by atoms with Gasteiger partial charge in [0.2, 0.25) is 5.88 Å². The van der Waals surface area contributed by atoms with E-state index < -0.39 is 5.97 Å². The molecule has 0 aromatic carbocycles. The Kier molecular flexibility index (Phi) is 3.28. The summed E-state index contributed by atoms with van der Waals surface area (Å²) in [5.74, 6) is -0.803. The smallest absolute Gasteiger partial charge is 0.341 e. The second kappa shape index (κ2) is 4.71. The minimum Gasteiger partial charge on any atom is -0.480 e. The highest BCUT2D eigenvalue weighted by molar-refractivity contribution is 5.92. The van der Waals surface area contributed by atoms with E-state index in [0.717, 1.165) is 16.8 Å². The van der Waals surface area contributed by atoms with E-state index in [4.69, 9.17) is 9.47 Å². The Bertz CT molecular complexity index is 456. The number of aryl methyl sites for hydroxylation is 1. The van der Waals surface area contributed by atoms with Gasteiger partial charge in [-0.3, -0.25) is 0 Å². The number of ether oxygens (including phenoxy) is 2. The Morgan fingerprint density at radius 3 is 2.59 bits per heavy atom.